The van der Waals surface area contributed by atoms with Gasteiger partial charge >= 0.3 is 0 Å². The minimum Gasteiger partial charge on any atom is -0.588 e. The SMILES string of the molecule is Cn1nccc1CC1(O)CCN(C(=O)c2ccc(N[S+]([O-])c3cccc4scnc34)cc2)CC1. The molecule has 1 aliphatic heterocycles. The molecule has 1 unspecified atom stereocenters. The normalized spacial score (nSPS) is 16.5. The number of hydrogen-bond donors (Lipinski definition) is 2. The van der Waals surface area contributed by atoms with E-state index in [4.69, 9.17) is 0 Å². The molecular weight excluding hydrogens is 470 g/mol. The summed E-state index contributed by atoms with van der Waals surface area (Å²) in [5.74, 6) is -0.0671. The second-order valence-corrected chi connectivity index (χ2v) is 10.6. The van der Waals surface area contributed by atoms with E-state index in [2.05, 4.69) is 14.8 Å². The molecule has 10 heteroatoms. The van der Waals surface area contributed by atoms with Crippen molar-refractivity contribution in [2.75, 3.05) is 17.8 Å². The number of piperidine rings is 1. The molecule has 8 nitrogen and oxygen atoms in total. The lowest BCUT2D eigenvalue weighted by molar-refractivity contribution is -0.0174. The van der Waals surface area contributed by atoms with Crippen LogP contribution >= 0.6 is 11.3 Å². The zero-order valence-corrected chi connectivity index (χ0v) is 20.3. The molecule has 0 aliphatic carbocycles. The van der Waals surface area contributed by atoms with Gasteiger partial charge in [-0.05, 0) is 55.3 Å². The van der Waals surface area contributed by atoms with Gasteiger partial charge in [0.15, 0.2) is 0 Å². The van der Waals surface area contributed by atoms with E-state index in [0.717, 1.165) is 15.9 Å². The van der Waals surface area contributed by atoms with Gasteiger partial charge < -0.3 is 14.6 Å². The van der Waals surface area contributed by atoms with E-state index in [-0.39, 0.29) is 5.91 Å². The Hall–Kier alpha value is -2.92. The Bertz CT molecular complexity index is 1300. The average Bonchev–Trinajstić information content (AvgIpc) is 3.48. The molecule has 2 aromatic heterocycles. The summed E-state index contributed by atoms with van der Waals surface area (Å²) in [5.41, 5.74) is 3.85. The molecule has 1 saturated heterocycles. The topological polar surface area (TPSA) is 106 Å². The molecule has 176 valence electrons. The zero-order valence-electron chi connectivity index (χ0n) is 18.7. The molecule has 1 fully saturated rings. The number of carbonyl (C=O) groups excluding carboxylic acids is 1. The van der Waals surface area contributed by atoms with Crippen LogP contribution in [0.2, 0.25) is 0 Å². The van der Waals surface area contributed by atoms with Crippen LogP contribution in [0, 0.1) is 0 Å². The first kappa shape index (κ1) is 22.9. The highest BCUT2D eigenvalue weighted by atomic mass is 32.2. The lowest BCUT2D eigenvalue weighted by Crippen LogP contribution is -2.48. The van der Waals surface area contributed by atoms with Crippen LogP contribution in [-0.2, 0) is 24.8 Å². The number of nitrogens with zero attached hydrogens (tertiary/aromatic N) is 4. The molecule has 5 rings (SSSR count). The van der Waals surface area contributed by atoms with Gasteiger partial charge in [-0.25, -0.2) is 9.71 Å². The zero-order chi connectivity index (χ0) is 23.7. The van der Waals surface area contributed by atoms with Gasteiger partial charge in [0.1, 0.15) is 16.9 Å². The number of aromatic nitrogens is 3. The Morgan fingerprint density at radius 2 is 1.97 bits per heavy atom. The summed E-state index contributed by atoms with van der Waals surface area (Å²) in [6.07, 6.45) is 3.29. The van der Waals surface area contributed by atoms with Crippen molar-refractivity contribution in [3.05, 3.63) is 71.5 Å². The van der Waals surface area contributed by atoms with Gasteiger partial charge in [-0.1, -0.05) is 6.07 Å². The molecule has 4 aromatic rings. The van der Waals surface area contributed by atoms with E-state index in [1.165, 1.54) is 11.3 Å². The molecule has 0 spiro atoms. The summed E-state index contributed by atoms with van der Waals surface area (Å²) < 4.78 is 18.6. The van der Waals surface area contributed by atoms with E-state index in [1.54, 1.807) is 51.6 Å². The fraction of sp³-hybridized carbons (Fsp3) is 0.292. The van der Waals surface area contributed by atoms with Crippen LogP contribution in [-0.4, -0.2) is 53.9 Å². The maximum Gasteiger partial charge on any atom is 0.253 e. The maximum atomic E-state index is 13.0. The Labute approximate surface area is 204 Å². The highest BCUT2D eigenvalue weighted by Crippen LogP contribution is 2.28. The van der Waals surface area contributed by atoms with Gasteiger partial charge in [0, 0.05) is 44.0 Å². The molecule has 2 N–H and O–H groups in total. The van der Waals surface area contributed by atoms with Crippen LogP contribution < -0.4 is 4.72 Å². The van der Waals surface area contributed by atoms with E-state index >= 15 is 0 Å². The number of likely N-dealkylation sites (tertiary alicyclic amines) is 1. The number of nitrogens with one attached hydrogen (secondary N) is 1. The second-order valence-electron chi connectivity index (χ2n) is 8.54. The summed E-state index contributed by atoms with van der Waals surface area (Å²) in [4.78, 5) is 19.7. The molecule has 1 aliphatic rings. The minimum atomic E-state index is -1.47. The van der Waals surface area contributed by atoms with Gasteiger partial charge in [0.05, 0.1) is 21.5 Å². The lowest BCUT2D eigenvalue weighted by atomic mass is 9.86. The van der Waals surface area contributed by atoms with E-state index in [9.17, 15) is 14.5 Å². The molecule has 1 atom stereocenters. The number of amides is 1. The van der Waals surface area contributed by atoms with E-state index in [0.29, 0.717) is 48.5 Å². The third-order valence-electron chi connectivity index (χ3n) is 6.28. The third kappa shape index (κ3) is 4.67. The van der Waals surface area contributed by atoms with Gasteiger partial charge in [0.25, 0.3) is 5.91 Å². The van der Waals surface area contributed by atoms with Gasteiger partial charge in [-0.3, -0.25) is 9.48 Å². The largest absolute Gasteiger partial charge is 0.588 e. The third-order valence-corrected chi connectivity index (χ3v) is 8.22. The van der Waals surface area contributed by atoms with Crippen molar-refractivity contribution >= 4 is 44.5 Å². The summed E-state index contributed by atoms with van der Waals surface area (Å²) in [6, 6.07) is 14.5. The molecule has 2 aromatic carbocycles. The number of aryl methyl sites for hydroxylation is 1. The van der Waals surface area contributed by atoms with Crippen molar-refractivity contribution in [3.8, 4) is 0 Å². The van der Waals surface area contributed by atoms with Crippen molar-refractivity contribution in [2.24, 2.45) is 7.05 Å². The van der Waals surface area contributed by atoms with Crippen LogP contribution in [0.5, 0.6) is 0 Å². The van der Waals surface area contributed by atoms with Gasteiger partial charge in [0.2, 0.25) is 4.90 Å². The summed E-state index contributed by atoms with van der Waals surface area (Å²) in [7, 11) is 1.87. The first-order valence-corrected chi connectivity index (χ1v) is 13.0. The molecule has 1 amide bonds. The standard InChI is InChI=1S/C24H25N5O3S2/c1-28-19(9-12-26-28)15-24(31)10-13-29(14-11-24)23(30)17-5-7-18(8-6-17)27-34(32)21-4-2-3-20-22(21)25-16-33-20/h2-9,12,16,27,31H,10-11,13-15H2,1H3. The van der Waals surface area contributed by atoms with E-state index in [1.807, 2.05) is 25.2 Å². The molecule has 34 heavy (non-hydrogen) atoms. The van der Waals surface area contributed by atoms with Crippen molar-refractivity contribution in [1.82, 2.24) is 19.7 Å². The summed E-state index contributed by atoms with van der Waals surface area (Å²) in [5, 5.41) is 15.1. The first-order valence-electron chi connectivity index (χ1n) is 11.0. The van der Waals surface area contributed by atoms with Crippen molar-refractivity contribution in [2.45, 2.75) is 29.8 Å². The van der Waals surface area contributed by atoms with Crippen molar-refractivity contribution in [3.63, 3.8) is 0 Å². The molecule has 0 saturated carbocycles. The van der Waals surface area contributed by atoms with Gasteiger partial charge in [-0.2, -0.15) is 5.10 Å². The fourth-order valence-corrected chi connectivity index (χ4v) is 6.02. The number of carbonyl (C=O) groups is 1. The van der Waals surface area contributed by atoms with Crippen LogP contribution in [0.4, 0.5) is 5.69 Å². The number of fused-ring (bicyclic) bond motifs is 1. The predicted molar refractivity (Wildman–Crippen MR) is 133 cm³/mol. The smallest absolute Gasteiger partial charge is 0.253 e. The highest BCUT2D eigenvalue weighted by Gasteiger charge is 2.35. The Kier molecular flexibility index (Phi) is 6.30. The summed E-state index contributed by atoms with van der Waals surface area (Å²) in [6.45, 7) is 0.990. The monoisotopic (exact) mass is 495 g/mol. The quantitative estimate of drug-likeness (QED) is 0.397. The van der Waals surface area contributed by atoms with Crippen molar-refractivity contribution in [1.29, 1.82) is 0 Å². The number of thiazole rings is 1. The van der Waals surface area contributed by atoms with Crippen LogP contribution in [0.3, 0.4) is 0 Å². The number of hydrogen-bond acceptors (Lipinski definition) is 7. The van der Waals surface area contributed by atoms with Gasteiger partial charge in [-0.15, -0.1) is 11.3 Å². The second kappa shape index (κ2) is 9.38. The van der Waals surface area contributed by atoms with Crippen LogP contribution in [0.1, 0.15) is 28.9 Å². The Morgan fingerprint density at radius 3 is 2.68 bits per heavy atom. The molecule has 0 radical (unpaired) electrons. The number of para-hydroxylation sites is 1. The first-order chi connectivity index (χ1) is 16.4. The number of anilines is 1. The van der Waals surface area contributed by atoms with E-state index < -0.39 is 17.0 Å². The highest BCUT2D eigenvalue weighted by molar-refractivity contribution is 7.93. The molecule has 3 heterocycles. The van der Waals surface area contributed by atoms with Crippen LogP contribution in [0.25, 0.3) is 10.2 Å². The Morgan fingerprint density at radius 1 is 1.21 bits per heavy atom. The number of benzene rings is 2. The predicted octanol–water partition coefficient (Wildman–Crippen LogP) is 3.37. The molecule has 0 bridgehead atoms. The lowest BCUT2D eigenvalue weighted by Gasteiger charge is -2.38. The minimum absolute atomic E-state index is 0.0671. The maximum absolute atomic E-state index is 13.0. The average molecular weight is 496 g/mol. The fourth-order valence-electron chi connectivity index (χ4n) is 4.25. The molecular formula is C24H25N5O3S2. The number of rotatable bonds is 6. The summed E-state index contributed by atoms with van der Waals surface area (Å²) >= 11 is 0.0413. The van der Waals surface area contributed by atoms with Crippen LogP contribution in [0.15, 0.2) is 65.1 Å². The Balaban J connectivity index is 1.20. The number of aliphatic hydroxyl groups is 1. The van der Waals surface area contributed by atoms with Crippen molar-refractivity contribution < 1.29 is 14.5 Å².